The van der Waals surface area contributed by atoms with Gasteiger partial charge in [-0.15, -0.1) is 0 Å². The van der Waals surface area contributed by atoms with Crippen LogP contribution in [0.1, 0.15) is 11.1 Å². The number of rotatable bonds is 6. The Labute approximate surface area is 150 Å². The van der Waals surface area contributed by atoms with Gasteiger partial charge in [-0.2, -0.15) is 0 Å². The topological polar surface area (TPSA) is 61.8 Å². The molecule has 6 heteroatoms. The van der Waals surface area contributed by atoms with E-state index in [1.807, 2.05) is 24.3 Å². The molecule has 0 bridgehead atoms. The Balaban J connectivity index is 1.68. The first-order chi connectivity index (χ1) is 12.0. The van der Waals surface area contributed by atoms with Crippen LogP contribution in [0.3, 0.4) is 0 Å². The van der Waals surface area contributed by atoms with Gasteiger partial charge < -0.3 is 14.2 Å². The number of methoxy groups -OCH3 is 1. The van der Waals surface area contributed by atoms with Crippen LogP contribution >= 0.6 is 11.6 Å². The van der Waals surface area contributed by atoms with Gasteiger partial charge in [0.2, 0.25) is 6.10 Å². The second-order valence-electron chi connectivity index (χ2n) is 5.77. The van der Waals surface area contributed by atoms with E-state index in [0.29, 0.717) is 17.2 Å². The number of cyclic esters (lactones) is 2. The second-order valence-corrected chi connectivity index (χ2v) is 6.20. The lowest BCUT2D eigenvalue weighted by Crippen LogP contribution is -2.34. The van der Waals surface area contributed by atoms with Crippen LogP contribution < -0.4 is 4.74 Å². The predicted octanol–water partition coefficient (Wildman–Crippen LogP) is 3.61. The fraction of sp³-hybridized carbons (Fsp3) is 0.263. The van der Waals surface area contributed by atoms with Gasteiger partial charge in [-0.1, -0.05) is 35.9 Å². The summed E-state index contributed by atoms with van der Waals surface area (Å²) in [4.78, 5) is 24.1. The minimum Gasteiger partial charge on any atom is -0.497 e. The molecule has 0 unspecified atom stereocenters. The monoisotopic (exact) mass is 360 g/mol. The molecule has 0 aromatic heterocycles. The number of benzene rings is 2. The van der Waals surface area contributed by atoms with Crippen LogP contribution in [0.25, 0.3) is 0 Å². The zero-order chi connectivity index (χ0) is 17.8. The summed E-state index contributed by atoms with van der Waals surface area (Å²) >= 11 is 5.87. The Kier molecular flexibility index (Phi) is 5.24. The van der Waals surface area contributed by atoms with E-state index in [-0.39, 0.29) is 12.2 Å². The van der Waals surface area contributed by atoms with Gasteiger partial charge in [-0.05, 0) is 35.4 Å². The molecule has 2 atom stereocenters. The molecule has 2 aromatic rings. The van der Waals surface area contributed by atoms with Gasteiger partial charge in [-0.25, -0.2) is 4.79 Å². The molecule has 1 aliphatic heterocycles. The molecular weight excluding hydrogens is 344 g/mol. The molecule has 1 saturated heterocycles. The van der Waals surface area contributed by atoms with Crippen LogP contribution in [0, 0.1) is 0 Å². The van der Waals surface area contributed by atoms with Crippen LogP contribution in [-0.2, 0) is 27.1 Å². The third-order valence-electron chi connectivity index (χ3n) is 4.01. The largest absolute Gasteiger partial charge is 0.509 e. The van der Waals surface area contributed by atoms with Gasteiger partial charge in [-0.3, -0.25) is 4.79 Å². The summed E-state index contributed by atoms with van der Waals surface area (Å²) in [6.45, 7) is 0. The van der Waals surface area contributed by atoms with Crippen LogP contribution in [-0.4, -0.2) is 31.3 Å². The number of Topliss-reactive ketones (excluding diaryl/α,β-unsaturated/α-hetero) is 1. The highest BCUT2D eigenvalue weighted by molar-refractivity contribution is 6.30. The number of ketones is 1. The molecule has 1 fully saturated rings. The summed E-state index contributed by atoms with van der Waals surface area (Å²) in [5.74, 6) is 0.516. The molecule has 0 N–H and O–H groups in total. The van der Waals surface area contributed by atoms with Gasteiger partial charge >= 0.3 is 6.16 Å². The molecule has 25 heavy (non-hydrogen) atoms. The average Bonchev–Trinajstić information content (AvgIpc) is 2.98. The third kappa shape index (κ3) is 4.31. The maximum atomic E-state index is 12.6. The van der Waals surface area contributed by atoms with Crippen molar-refractivity contribution in [3.63, 3.8) is 0 Å². The highest BCUT2D eigenvalue weighted by Crippen LogP contribution is 2.23. The number of carbonyl (C=O) groups excluding carboxylic acids is 2. The van der Waals surface area contributed by atoms with E-state index in [1.165, 1.54) is 0 Å². The van der Waals surface area contributed by atoms with Crippen molar-refractivity contribution >= 4 is 23.5 Å². The lowest BCUT2D eigenvalue weighted by Gasteiger charge is -2.14. The maximum Gasteiger partial charge on any atom is 0.509 e. The minimum absolute atomic E-state index is 0.155. The highest BCUT2D eigenvalue weighted by atomic mass is 35.5. The fourth-order valence-electron chi connectivity index (χ4n) is 2.71. The van der Waals surface area contributed by atoms with Crippen molar-refractivity contribution in [2.24, 2.45) is 0 Å². The van der Waals surface area contributed by atoms with Gasteiger partial charge in [0, 0.05) is 17.9 Å². The standard InChI is InChI=1S/C19H17ClO5/c1-23-15-8-4-12(5-9-15)10-16(21)18-17(24-19(22)25-18)11-13-2-6-14(20)7-3-13/h2-9,17-18H,10-11H2,1H3/t17-,18+/m1/s1. The van der Waals surface area contributed by atoms with Crippen LogP contribution in [0.2, 0.25) is 5.02 Å². The SMILES string of the molecule is COc1ccc(CC(=O)[C@@H]2OC(=O)O[C@@H]2Cc2ccc(Cl)cc2)cc1. The van der Waals surface area contributed by atoms with Crippen molar-refractivity contribution in [3.8, 4) is 5.75 Å². The van der Waals surface area contributed by atoms with E-state index >= 15 is 0 Å². The quantitative estimate of drug-likeness (QED) is 0.736. The average molecular weight is 361 g/mol. The second kappa shape index (κ2) is 7.57. The molecule has 130 valence electrons. The van der Waals surface area contributed by atoms with E-state index in [9.17, 15) is 9.59 Å². The molecule has 0 radical (unpaired) electrons. The summed E-state index contributed by atoms with van der Waals surface area (Å²) in [7, 11) is 1.58. The zero-order valence-corrected chi connectivity index (χ0v) is 14.4. The first-order valence-electron chi connectivity index (χ1n) is 7.82. The van der Waals surface area contributed by atoms with E-state index in [1.54, 1.807) is 31.4 Å². The molecule has 0 amide bonds. The van der Waals surface area contributed by atoms with Gasteiger partial charge in [0.15, 0.2) is 11.9 Å². The molecule has 0 spiro atoms. The Morgan fingerprint density at radius 2 is 1.68 bits per heavy atom. The molecule has 0 aliphatic carbocycles. The van der Waals surface area contributed by atoms with Gasteiger partial charge in [0.1, 0.15) is 5.75 Å². The lowest BCUT2D eigenvalue weighted by atomic mass is 9.97. The molecular formula is C19H17ClO5. The number of hydrogen-bond acceptors (Lipinski definition) is 5. The van der Waals surface area contributed by atoms with Gasteiger partial charge in [0.05, 0.1) is 7.11 Å². The van der Waals surface area contributed by atoms with Crippen LogP contribution in [0.15, 0.2) is 48.5 Å². The molecule has 0 saturated carbocycles. The van der Waals surface area contributed by atoms with Crippen LogP contribution in [0.4, 0.5) is 4.79 Å². The van der Waals surface area contributed by atoms with E-state index in [2.05, 4.69) is 0 Å². The van der Waals surface area contributed by atoms with Crippen molar-refractivity contribution in [2.45, 2.75) is 25.0 Å². The number of carbonyl (C=O) groups is 2. The molecule has 5 nitrogen and oxygen atoms in total. The van der Waals surface area contributed by atoms with Crippen LogP contribution in [0.5, 0.6) is 5.75 Å². The zero-order valence-electron chi connectivity index (χ0n) is 13.6. The van der Waals surface area contributed by atoms with E-state index in [0.717, 1.165) is 11.1 Å². The fourth-order valence-corrected chi connectivity index (χ4v) is 2.84. The Hall–Kier alpha value is -2.53. The third-order valence-corrected chi connectivity index (χ3v) is 4.27. The van der Waals surface area contributed by atoms with Crippen molar-refractivity contribution in [1.82, 2.24) is 0 Å². The molecule has 2 aromatic carbocycles. The molecule has 1 aliphatic rings. The van der Waals surface area contributed by atoms with Gasteiger partial charge in [0.25, 0.3) is 0 Å². The minimum atomic E-state index is -0.912. The summed E-state index contributed by atoms with van der Waals surface area (Å²) < 4.78 is 15.4. The lowest BCUT2D eigenvalue weighted by molar-refractivity contribution is -0.126. The number of hydrogen-bond donors (Lipinski definition) is 0. The number of halogens is 1. The Morgan fingerprint density at radius 1 is 1.04 bits per heavy atom. The molecule has 3 rings (SSSR count). The first kappa shape index (κ1) is 17.3. The highest BCUT2D eigenvalue weighted by Gasteiger charge is 2.41. The normalized spacial score (nSPS) is 19.2. The Bertz CT molecular complexity index is 754. The molecule has 1 heterocycles. The van der Waals surface area contributed by atoms with E-state index < -0.39 is 18.4 Å². The van der Waals surface area contributed by atoms with E-state index in [4.69, 9.17) is 25.8 Å². The maximum absolute atomic E-state index is 12.6. The summed E-state index contributed by atoms with van der Waals surface area (Å²) in [6.07, 6.45) is -1.82. The smallest absolute Gasteiger partial charge is 0.497 e. The summed E-state index contributed by atoms with van der Waals surface area (Å²) in [6, 6.07) is 14.4. The van der Waals surface area contributed by atoms with Crippen molar-refractivity contribution < 1.29 is 23.8 Å². The summed E-state index contributed by atoms with van der Waals surface area (Å²) in [5.41, 5.74) is 1.73. The van der Waals surface area contributed by atoms with Crippen molar-refractivity contribution in [3.05, 3.63) is 64.7 Å². The first-order valence-corrected chi connectivity index (χ1v) is 8.20. The predicted molar refractivity (Wildman–Crippen MR) is 92.0 cm³/mol. The Morgan fingerprint density at radius 3 is 2.32 bits per heavy atom. The number of ether oxygens (including phenoxy) is 3. The van der Waals surface area contributed by atoms with Crippen molar-refractivity contribution in [2.75, 3.05) is 7.11 Å². The summed E-state index contributed by atoms with van der Waals surface area (Å²) in [5, 5.41) is 0.621. The van der Waals surface area contributed by atoms with Crippen molar-refractivity contribution in [1.29, 1.82) is 0 Å².